The molecule has 0 saturated carbocycles. The Morgan fingerprint density at radius 1 is 1.52 bits per heavy atom. The van der Waals surface area contributed by atoms with E-state index in [9.17, 15) is 19.1 Å². The van der Waals surface area contributed by atoms with Crippen LogP contribution in [0.25, 0.3) is 0 Å². The second kappa shape index (κ2) is 5.97. The molecule has 0 spiro atoms. The molecule has 116 valence electrons. The fraction of sp³-hybridized carbons (Fsp3) is 0.600. The Hall–Kier alpha value is -1.69. The number of nitrogens with zero attached hydrogens (tertiary/aromatic N) is 1. The molecule has 2 aliphatic rings. The van der Waals surface area contributed by atoms with E-state index in [1.165, 1.54) is 6.26 Å². The molecule has 0 fully saturated rings. The summed E-state index contributed by atoms with van der Waals surface area (Å²) in [5, 5.41) is 9.41. The normalized spacial score (nSPS) is 24.1. The number of rotatable bonds is 4. The third kappa shape index (κ3) is 3.00. The van der Waals surface area contributed by atoms with E-state index in [1.807, 2.05) is 0 Å². The van der Waals surface area contributed by atoms with Crippen molar-refractivity contribution < 1.29 is 23.8 Å². The molecule has 0 radical (unpaired) electrons. The summed E-state index contributed by atoms with van der Waals surface area (Å²) in [6.07, 6.45) is 3.48. The van der Waals surface area contributed by atoms with E-state index in [0.717, 1.165) is 0 Å². The second-order valence-corrected chi connectivity index (χ2v) is 5.85. The highest BCUT2D eigenvalue weighted by Crippen LogP contribution is 2.33. The molecule has 6 heteroatoms. The number of allylic oxidation sites excluding steroid dienone is 1. The zero-order valence-electron chi connectivity index (χ0n) is 12.3. The van der Waals surface area contributed by atoms with E-state index in [2.05, 4.69) is 0 Å². The third-order valence-corrected chi connectivity index (χ3v) is 4.13. The van der Waals surface area contributed by atoms with Crippen molar-refractivity contribution in [3.8, 4) is 0 Å². The standard InChI is InChI=1S/C15H20FNO4/c1-15(2,14(19)20)17-6-3-7-21-13(17)12-5-4-11(18)8-10(12)9-16/h3,7,13H,4-6,8-9H2,1-2H3,(H,19,20). The van der Waals surface area contributed by atoms with Crippen LogP contribution >= 0.6 is 0 Å². The molecule has 1 atom stereocenters. The van der Waals surface area contributed by atoms with E-state index in [1.54, 1.807) is 24.8 Å². The number of carbonyl (C=O) groups is 2. The molecule has 21 heavy (non-hydrogen) atoms. The Labute approximate surface area is 123 Å². The van der Waals surface area contributed by atoms with Crippen molar-refractivity contribution >= 4 is 11.8 Å². The van der Waals surface area contributed by atoms with Gasteiger partial charge in [-0.1, -0.05) is 0 Å². The van der Waals surface area contributed by atoms with Gasteiger partial charge < -0.3 is 9.84 Å². The quantitative estimate of drug-likeness (QED) is 0.804. The largest absolute Gasteiger partial charge is 0.480 e. The number of carbonyl (C=O) groups excluding carboxylic acids is 1. The summed E-state index contributed by atoms with van der Waals surface area (Å²) < 4.78 is 18.8. The number of ether oxygens (including phenoxy) is 1. The minimum absolute atomic E-state index is 0.0156. The number of alkyl halides is 1. The van der Waals surface area contributed by atoms with Gasteiger partial charge in [-0.15, -0.1) is 0 Å². The number of carboxylic acid groups (broad SMARTS) is 1. The van der Waals surface area contributed by atoms with Crippen LogP contribution in [0.1, 0.15) is 33.1 Å². The zero-order valence-corrected chi connectivity index (χ0v) is 12.3. The molecule has 1 heterocycles. The summed E-state index contributed by atoms with van der Waals surface area (Å²) in [5.74, 6) is -0.956. The maximum atomic E-state index is 13.2. The molecule has 5 nitrogen and oxygen atoms in total. The first kappa shape index (κ1) is 15.7. The first-order valence-electron chi connectivity index (χ1n) is 6.97. The highest BCUT2D eigenvalue weighted by molar-refractivity contribution is 5.83. The van der Waals surface area contributed by atoms with Crippen LogP contribution in [-0.4, -0.2) is 46.7 Å². The molecule has 1 N–H and O–H groups in total. The SMILES string of the molecule is CC(C)(C(=O)O)N1CC=COC1C1=C(CF)CC(=O)CC1. The van der Waals surface area contributed by atoms with E-state index in [4.69, 9.17) is 4.74 Å². The first-order chi connectivity index (χ1) is 9.87. The zero-order chi connectivity index (χ0) is 15.6. The summed E-state index contributed by atoms with van der Waals surface area (Å²) in [4.78, 5) is 24.6. The summed E-state index contributed by atoms with van der Waals surface area (Å²) in [6, 6.07) is 0. The van der Waals surface area contributed by atoms with Crippen molar-refractivity contribution in [1.29, 1.82) is 0 Å². The minimum Gasteiger partial charge on any atom is -0.480 e. The number of carboxylic acids is 1. The third-order valence-electron chi connectivity index (χ3n) is 4.13. The highest BCUT2D eigenvalue weighted by Gasteiger charge is 2.42. The van der Waals surface area contributed by atoms with Gasteiger partial charge in [0.05, 0.1) is 6.26 Å². The van der Waals surface area contributed by atoms with E-state index < -0.39 is 24.4 Å². The molecular formula is C15H20FNO4. The predicted molar refractivity (Wildman–Crippen MR) is 74.3 cm³/mol. The second-order valence-electron chi connectivity index (χ2n) is 5.85. The van der Waals surface area contributed by atoms with Crippen LogP contribution in [0.5, 0.6) is 0 Å². The van der Waals surface area contributed by atoms with E-state index in [-0.39, 0.29) is 12.2 Å². The van der Waals surface area contributed by atoms with Gasteiger partial charge in [0.15, 0.2) is 6.23 Å². The lowest BCUT2D eigenvalue weighted by Crippen LogP contribution is -2.57. The maximum Gasteiger partial charge on any atom is 0.323 e. The maximum absolute atomic E-state index is 13.2. The Kier molecular flexibility index (Phi) is 4.46. The fourth-order valence-corrected chi connectivity index (χ4v) is 2.69. The van der Waals surface area contributed by atoms with Crippen molar-refractivity contribution in [2.45, 2.75) is 44.9 Å². The summed E-state index contributed by atoms with van der Waals surface area (Å²) in [7, 11) is 0. The van der Waals surface area contributed by atoms with Gasteiger partial charge >= 0.3 is 5.97 Å². The lowest BCUT2D eigenvalue weighted by atomic mass is 9.88. The van der Waals surface area contributed by atoms with Crippen LogP contribution in [-0.2, 0) is 14.3 Å². The molecular weight excluding hydrogens is 277 g/mol. The lowest BCUT2D eigenvalue weighted by molar-refractivity contribution is -0.156. The summed E-state index contributed by atoms with van der Waals surface area (Å²) in [6.45, 7) is 2.88. The molecule has 0 saturated heterocycles. The van der Waals surface area contributed by atoms with Gasteiger partial charge in [-0.05, 0) is 37.5 Å². The lowest BCUT2D eigenvalue weighted by Gasteiger charge is -2.43. The van der Waals surface area contributed by atoms with Crippen molar-refractivity contribution in [2.75, 3.05) is 13.2 Å². The Balaban J connectivity index is 2.37. The van der Waals surface area contributed by atoms with Gasteiger partial charge in [0.25, 0.3) is 0 Å². The molecule has 2 rings (SSSR count). The average molecular weight is 297 g/mol. The molecule has 0 aromatic heterocycles. The van der Waals surface area contributed by atoms with E-state index in [0.29, 0.717) is 30.5 Å². The molecule has 1 aliphatic heterocycles. The van der Waals surface area contributed by atoms with Gasteiger partial charge in [-0.3, -0.25) is 9.59 Å². The van der Waals surface area contributed by atoms with Crippen molar-refractivity contribution in [3.63, 3.8) is 0 Å². The topological polar surface area (TPSA) is 66.8 Å². The number of Topliss-reactive ketones (excluding diaryl/α,β-unsaturated/α-hetero) is 1. The monoisotopic (exact) mass is 297 g/mol. The van der Waals surface area contributed by atoms with Crippen molar-refractivity contribution in [1.82, 2.24) is 4.90 Å². The Bertz CT molecular complexity index is 510. The van der Waals surface area contributed by atoms with E-state index >= 15 is 0 Å². The molecule has 0 aromatic carbocycles. The van der Waals surface area contributed by atoms with Gasteiger partial charge in [0.1, 0.15) is 18.0 Å². The van der Waals surface area contributed by atoms with Crippen LogP contribution in [0.2, 0.25) is 0 Å². The number of hydrogen-bond acceptors (Lipinski definition) is 4. The Morgan fingerprint density at radius 2 is 2.24 bits per heavy atom. The fourth-order valence-electron chi connectivity index (χ4n) is 2.69. The number of hydrogen-bond donors (Lipinski definition) is 1. The van der Waals surface area contributed by atoms with Crippen LogP contribution in [0.4, 0.5) is 4.39 Å². The number of halogens is 1. The molecule has 0 bridgehead atoms. The average Bonchev–Trinajstić information content (AvgIpc) is 2.47. The smallest absolute Gasteiger partial charge is 0.323 e. The molecule has 1 aliphatic carbocycles. The van der Waals surface area contributed by atoms with Gasteiger partial charge in [0.2, 0.25) is 0 Å². The first-order valence-corrected chi connectivity index (χ1v) is 6.97. The number of ketones is 1. The summed E-state index contributed by atoms with van der Waals surface area (Å²) >= 11 is 0. The van der Waals surface area contributed by atoms with Crippen molar-refractivity contribution in [3.05, 3.63) is 23.5 Å². The van der Waals surface area contributed by atoms with Gasteiger partial charge in [0, 0.05) is 19.4 Å². The highest BCUT2D eigenvalue weighted by atomic mass is 19.1. The Morgan fingerprint density at radius 3 is 2.86 bits per heavy atom. The van der Waals surface area contributed by atoms with Crippen LogP contribution < -0.4 is 0 Å². The minimum atomic E-state index is -1.15. The van der Waals surface area contributed by atoms with Gasteiger partial charge in [-0.2, -0.15) is 0 Å². The molecule has 1 unspecified atom stereocenters. The van der Waals surface area contributed by atoms with Crippen LogP contribution in [0.3, 0.4) is 0 Å². The molecule has 0 aromatic rings. The van der Waals surface area contributed by atoms with Crippen LogP contribution in [0.15, 0.2) is 23.5 Å². The van der Waals surface area contributed by atoms with Crippen LogP contribution in [0, 0.1) is 0 Å². The molecule has 0 amide bonds. The van der Waals surface area contributed by atoms with Gasteiger partial charge in [-0.25, -0.2) is 9.29 Å². The summed E-state index contributed by atoms with van der Waals surface area (Å²) in [5.41, 5.74) is -0.0146. The number of aliphatic carboxylic acids is 1. The predicted octanol–water partition coefficient (Wildman–Crippen LogP) is 2.04. The van der Waals surface area contributed by atoms with Crippen molar-refractivity contribution in [2.24, 2.45) is 0 Å².